The lowest BCUT2D eigenvalue weighted by Gasteiger charge is -2.30. The number of aromatic amines is 1. The zero-order chi connectivity index (χ0) is 24.6. The number of H-pyrrole nitrogens is 1. The van der Waals surface area contributed by atoms with Crippen LogP contribution in [0.5, 0.6) is 0 Å². The summed E-state index contributed by atoms with van der Waals surface area (Å²) in [5, 5.41) is 7.52. The molecule has 0 unspecified atom stereocenters. The number of nitrogens with one attached hydrogen (secondary N) is 3. The van der Waals surface area contributed by atoms with Crippen LogP contribution in [0.15, 0.2) is 35.5 Å². The van der Waals surface area contributed by atoms with Crippen molar-refractivity contribution in [3.63, 3.8) is 0 Å². The van der Waals surface area contributed by atoms with E-state index in [0.29, 0.717) is 44.0 Å². The standard InChI is InChI=1S/C26H39N7O2/c27-26(28)29-13-6-11-23-25(35)33(17-18-7-2-1-3-8-18)14-12-19(32-23)15-31-24(34)21-16-30-22-10-5-4-9-20(21)22/h4-5,9-10,16,18-19,23,30,32H,1-3,6-8,11-15,17H2,(H,31,34)(H4,27,28,29)/t19-,23-/m1/s1. The zero-order valence-electron chi connectivity index (χ0n) is 20.5. The molecule has 7 N–H and O–H groups in total. The van der Waals surface area contributed by atoms with Crippen molar-refractivity contribution in [2.45, 2.75) is 63.5 Å². The van der Waals surface area contributed by atoms with Gasteiger partial charge < -0.3 is 32.0 Å². The molecule has 2 atom stereocenters. The fourth-order valence-electron chi connectivity index (χ4n) is 5.39. The van der Waals surface area contributed by atoms with E-state index in [-0.39, 0.29) is 29.9 Å². The maximum Gasteiger partial charge on any atom is 0.253 e. The molecule has 9 nitrogen and oxygen atoms in total. The third-order valence-corrected chi connectivity index (χ3v) is 7.29. The van der Waals surface area contributed by atoms with Gasteiger partial charge in [-0.1, -0.05) is 37.5 Å². The number of aromatic nitrogens is 1. The summed E-state index contributed by atoms with van der Waals surface area (Å²) in [7, 11) is 0. The van der Waals surface area contributed by atoms with Gasteiger partial charge in [-0.15, -0.1) is 0 Å². The van der Waals surface area contributed by atoms with E-state index in [1.165, 1.54) is 32.1 Å². The smallest absolute Gasteiger partial charge is 0.253 e. The Hall–Kier alpha value is -3.07. The van der Waals surface area contributed by atoms with Gasteiger partial charge in [0.25, 0.3) is 5.91 Å². The van der Waals surface area contributed by atoms with Crippen LogP contribution in [-0.4, -0.2) is 65.9 Å². The summed E-state index contributed by atoms with van der Waals surface area (Å²) in [6.07, 6.45) is 10.2. The monoisotopic (exact) mass is 481 g/mol. The molecule has 190 valence electrons. The Morgan fingerprint density at radius 3 is 2.74 bits per heavy atom. The molecule has 2 fully saturated rings. The second kappa shape index (κ2) is 12.1. The van der Waals surface area contributed by atoms with Crippen molar-refractivity contribution in [1.29, 1.82) is 0 Å². The number of aliphatic imine (C=N–C) groups is 1. The highest BCUT2D eigenvalue weighted by Gasteiger charge is 2.32. The quantitative estimate of drug-likeness (QED) is 0.212. The van der Waals surface area contributed by atoms with Crippen molar-refractivity contribution in [2.75, 3.05) is 26.2 Å². The molecule has 2 aliphatic rings. The maximum atomic E-state index is 13.5. The largest absolute Gasteiger partial charge is 0.370 e. The van der Waals surface area contributed by atoms with Gasteiger partial charge in [0.05, 0.1) is 11.6 Å². The molecule has 1 saturated carbocycles. The van der Waals surface area contributed by atoms with Gasteiger partial charge in [-0.3, -0.25) is 14.6 Å². The van der Waals surface area contributed by atoms with Crippen molar-refractivity contribution in [1.82, 2.24) is 20.5 Å². The first-order valence-electron chi connectivity index (χ1n) is 13.0. The van der Waals surface area contributed by atoms with Gasteiger partial charge in [0.2, 0.25) is 5.91 Å². The summed E-state index contributed by atoms with van der Waals surface area (Å²) >= 11 is 0. The number of para-hydroxylation sites is 1. The minimum Gasteiger partial charge on any atom is -0.370 e. The fraction of sp³-hybridized carbons (Fsp3) is 0.577. The van der Waals surface area contributed by atoms with Crippen molar-refractivity contribution < 1.29 is 9.59 Å². The molecular weight excluding hydrogens is 442 g/mol. The highest BCUT2D eigenvalue weighted by atomic mass is 16.2. The number of rotatable bonds is 9. The molecule has 2 aromatic rings. The van der Waals surface area contributed by atoms with Crippen LogP contribution in [0.1, 0.15) is 61.7 Å². The second-order valence-corrected chi connectivity index (χ2v) is 9.90. The van der Waals surface area contributed by atoms with E-state index < -0.39 is 0 Å². The van der Waals surface area contributed by atoms with Gasteiger partial charge in [-0.2, -0.15) is 0 Å². The zero-order valence-corrected chi connectivity index (χ0v) is 20.5. The van der Waals surface area contributed by atoms with E-state index in [1.807, 2.05) is 24.3 Å². The molecule has 0 spiro atoms. The summed E-state index contributed by atoms with van der Waals surface area (Å²) < 4.78 is 0. The van der Waals surface area contributed by atoms with Crippen LogP contribution in [0.3, 0.4) is 0 Å². The SMILES string of the molecule is NC(N)=NCCC[C@H]1N[C@@H](CNC(=O)c2c[nH]c3ccccc23)CCN(CC2CCCCC2)C1=O. The number of amides is 2. The average molecular weight is 482 g/mol. The summed E-state index contributed by atoms with van der Waals surface area (Å²) in [4.78, 5) is 35.6. The van der Waals surface area contributed by atoms with Crippen molar-refractivity contribution in [3.8, 4) is 0 Å². The van der Waals surface area contributed by atoms with Crippen LogP contribution in [-0.2, 0) is 4.79 Å². The number of hydrogen-bond donors (Lipinski definition) is 5. The molecule has 1 aliphatic carbocycles. The third-order valence-electron chi connectivity index (χ3n) is 7.29. The van der Waals surface area contributed by atoms with Crippen LogP contribution in [0.25, 0.3) is 10.9 Å². The van der Waals surface area contributed by atoms with Crippen molar-refractivity contribution in [3.05, 3.63) is 36.0 Å². The van der Waals surface area contributed by atoms with Gasteiger partial charge in [0.15, 0.2) is 5.96 Å². The minimum atomic E-state index is -0.301. The van der Waals surface area contributed by atoms with Gasteiger partial charge in [0, 0.05) is 49.3 Å². The molecule has 2 amide bonds. The predicted molar refractivity (Wildman–Crippen MR) is 139 cm³/mol. The lowest BCUT2D eigenvalue weighted by Crippen LogP contribution is -2.49. The number of fused-ring (bicyclic) bond motifs is 1. The number of nitrogens with zero attached hydrogens (tertiary/aromatic N) is 2. The van der Waals surface area contributed by atoms with E-state index in [1.54, 1.807) is 6.20 Å². The summed E-state index contributed by atoms with van der Waals surface area (Å²) in [6, 6.07) is 7.48. The molecule has 1 aliphatic heterocycles. The van der Waals surface area contributed by atoms with Gasteiger partial charge in [-0.25, -0.2) is 0 Å². The molecule has 0 bridgehead atoms. The summed E-state index contributed by atoms with van der Waals surface area (Å²) in [6.45, 7) is 2.51. The average Bonchev–Trinajstić information content (AvgIpc) is 3.24. The molecular formula is C26H39N7O2. The third kappa shape index (κ3) is 6.75. The lowest BCUT2D eigenvalue weighted by atomic mass is 9.89. The first kappa shape index (κ1) is 25.0. The molecule has 1 aromatic heterocycles. The molecule has 1 saturated heterocycles. The highest BCUT2D eigenvalue weighted by molar-refractivity contribution is 6.06. The van der Waals surface area contributed by atoms with E-state index in [4.69, 9.17) is 11.5 Å². The Balaban J connectivity index is 1.39. The molecule has 4 rings (SSSR count). The van der Waals surface area contributed by atoms with Crippen LogP contribution in [0.4, 0.5) is 0 Å². The number of nitrogens with two attached hydrogens (primary N) is 2. The number of carbonyl (C=O) groups excluding carboxylic acids is 2. The Morgan fingerprint density at radius 1 is 1.14 bits per heavy atom. The van der Waals surface area contributed by atoms with E-state index in [9.17, 15) is 9.59 Å². The van der Waals surface area contributed by atoms with Crippen LogP contribution >= 0.6 is 0 Å². The Kier molecular flexibility index (Phi) is 8.63. The van der Waals surface area contributed by atoms with Crippen LogP contribution in [0.2, 0.25) is 0 Å². The maximum absolute atomic E-state index is 13.5. The van der Waals surface area contributed by atoms with Crippen LogP contribution in [0, 0.1) is 5.92 Å². The summed E-state index contributed by atoms with van der Waals surface area (Å²) in [5.74, 6) is 0.712. The predicted octanol–water partition coefficient (Wildman–Crippen LogP) is 2.09. The van der Waals surface area contributed by atoms with E-state index in [0.717, 1.165) is 23.9 Å². The normalized spacial score (nSPS) is 21.6. The number of carbonyl (C=O) groups is 2. The summed E-state index contributed by atoms with van der Waals surface area (Å²) in [5.41, 5.74) is 12.5. The highest BCUT2D eigenvalue weighted by Crippen LogP contribution is 2.25. The number of benzene rings is 1. The topological polar surface area (TPSA) is 142 Å². The van der Waals surface area contributed by atoms with E-state index >= 15 is 0 Å². The number of hydrogen-bond acceptors (Lipinski definition) is 4. The Morgan fingerprint density at radius 2 is 1.94 bits per heavy atom. The van der Waals surface area contributed by atoms with Gasteiger partial charge in [0.1, 0.15) is 0 Å². The Labute approximate surface area is 207 Å². The number of guanidine groups is 1. The fourth-order valence-corrected chi connectivity index (χ4v) is 5.39. The van der Waals surface area contributed by atoms with Crippen molar-refractivity contribution >= 4 is 28.7 Å². The molecule has 9 heteroatoms. The van der Waals surface area contributed by atoms with Gasteiger partial charge in [-0.05, 0) is 44.1 Å². The van der Waals surface area contributed by atoms with Crippen LogP contribution < -0.4 is 22.1 Å². The first-order valence-corrected chi connectivity index (χ1v) is 13.0. The molecule has 2 heterocycles. The lowest BCUT2D eigenvalue weighted by molar-refractivity contribution is -0.133. The Bertz CT molecular complexity index is 1020. The second-order valence-electron chi connectivity index (χ2n) is 9.90. The van der Waals surface area contributed by atoms with Crippen molar-refractivity contribution in [2.24, 2.45) is 22.4 Å². The molecule has 35 heavy (non-hydrogen) atoms. The molecule has 1 aromatic carbocycles. The first-order chi connectivity index (χ1) is 17.0. The van der Waals surface area contributed by atoms with Gasteiger partial charge >= 0.3 is 0 Å². The molecule has 0 radical (unpaired) electrons. The minimum absolute atomic E-state index is 0.0116. The van der Waals surface area contributed by atoms with E-state index in [2.05, 4.69) is 25.5 Å².